The summed E-state index contributed by atoms with van der Waals surface area (Å²) in [4.78, 5) is 14.9. The van der Waals surface area contributed by atoms with Gasteiger partial charge >= 0.3 is 0 Å². The Balaban J connectivity index is 1.80. The molecule has 1 aromatic carbocycles. The van der Waals surface area contributed by atoms with Crippen LogP contribution in [0.25, 0.3) is 0 Å². The Morgan fingerprint density at radius 2 is 2.00 bits per heavy atom. The predicted octanol–water partition coefficient (Wildman–Crippen LogP) is 3.40. The first-order valence-electron chi connectivity index (χ1n) is 8.62. The molecule has 124 valence electrons. The van der Waals surface area contributed by atoms with E-state index in [-0.39, 0.29) is 17.6 Å². The van der Waals surface area contributed by atoms with E-state index in [9.17, 15) is 4.79 Å². The molecule has 0 bridgehead atoms. The summed E-state index contributed by atoms with van der Waals surface area (Å²) in [7, 11) is 0. The van der Waals surface area contributed by atoms with Gasteiger partial charge in [0, 0.05) is 6.54 Å². The van der Waals surface area contributed by atoms with Crippen LogP contribution in [0.15, 0.2) is 36.9 Å². The van der Waals surface area contributed by atoms with Crippen molar-refractivity contribution >= 4 is 5.91 Å². The van der Waals surface area contributed by atoms with Gasteiger partial charge in [-0.3, -0.25) is 10.1 Å². The number of hydrogen-bond acceptors (Lipinski definition) is 3. The molecular weight excluding hydrogens is 288 g/mol. The van der Waals surface area contributed by atoms with Crippen LogP contribution in [0.3, 0.4) is 0 Å². The van der Waals surface area contributed by atoms with Crippen LogP contribution in [0.2, 0.25) is 0 Å². The SMILES string of the molecule is C=CCOc1ccc(C2NC3(CCCCC3)C(=O)N2CC)cc1. The number of ether oxygens (including phenoxy) is 1. The number of hydrogen-bond donors (Lipinski definition) is 1. The standard InChI is InChI=1S/C19H26N2O2/c1-3-14-23-16-10-8-15(9-11-16)17-20-19(12-6-5-7-13-19)18(22)21(17)4-2/h3,8-11,17,20H,1,4-7,12-14H2,2H3. The highest BCUT2D eigenvalue weighted by Crippen LogP contribution is 2.39. The second-order valence-corrected chi connectivity index (χ2v) is 6.45. The lowest BCUT2D eigenvalue weighted by atomic mass is 9.81. The highest BCUT2D eigenvalue weighted by atomic mass is 16.5. The molecule has 3 rings (SSSR count). The summed E-state index contributed by atoms with van der Waals surface area (Å²) in [6.45, 7) is 6.94. The summed E-state index contributed by atoms with van der Waals surface area (Å²) in [5.41, 5.74) is 0.783. The molecule has 0 aromatic heterocycles. The lowest BCUT2D eigenvalue weighted by Crippen LogP contribution is -2.48. The van der Waals surface area contributed by atoms with E-state index >= 15 is 0 Å². The summed E-state index contributed by atoms with van der Waals surface area (Å²) >= 11 is 0. The van der Waals surface area contributed by atoms with E-state index in [2.05, 4.69) is 18.8 Å². The van der Waals surface area contributed by atoms with Crippen LogP contribution in [-0.2, 0) is 4.79 Å². The summed E-state index contributed by atoms with van der Waals surface area (Å²) in [5, 5.41) is 3.66. The second kappa shape index (κ2) is 6.75. The van der Waals surface area contributed by atoms with Crippen molar-refractivity contribution in [2.45, 2.75) is 50.7 Å². The van der Waals surface area contributed by atoms with Gasteiger partial charge in [0.2, 0.25) is 5.91 Å². The number of benzene rings is 1. The normalized spacial score (nSPS) is 23.3. The molecule has 1 saturated carbocycles. The molecule has 1 N–H and O–H groups in total. The third-order valence-corrected chi connectivity index (χ3v) is 5.01. The van der Waals surface area contributed by atoms with Crippen LogP contribution in [0.1, 0.15) is 50.8 Å². The number of carbonyl (C=O) groups excluding carboxylic acids is 1. The number of amides is 1. The van der Waals surface area contributed by atoms with Crippen molar-refractivity contribution < 1.29 is 9.53 Å². The average molecular weight is 314 g/mol. The zero-order chi connectivity index (χ0) is 16.3. The minimum absolute atomic E-state index is 0.0287. The maximum Gasteiger partial charge on any atom is 0.244 e. The van der Waals surface area contributed by atoms with Crippen molar-refractivity contribution in [1.29, 1.82) is 0 Å². The minimum atomic E-state index is -0.336. The Kier molecular flexibility index (Phi) is 4.71. The quantitative estimate of drug-likeness (QED) is 0.847. The van der Waals surface area contributed by atoms with E-state index in [1.165, 1.54) is 6.42 Å². The van der Waals surface area contributed by atoms with E-state index in [1.807, 2.05) is 29.2 Å². The molecule has 1 aliphatic carbocycles. The highest BCUT2D eigenvalue weighted by Gasteiger charge is 2.50. The summed E-state index contributed by atoms with van der Waals surface area (Å²) in [6.07, 6.45) is 7.13. The molecule has 2 fully saturated rings. The number of carbonyl (C=O) groups is 1. The van der Waals surface area contributed by atoms with Crippen LogP contribution in [-0.4, -0.2) is 29.5 Å². The molecule has 1 aromatic rings. The van der Waals surface area contributed by atoms with Gasteiger partial charge in [0.1, 0.15) is 18.5 Å². The molecule has 4 nitrogen and oxygen atoms in total. The number of nitrogens with zero attached hydrogens (tertiary/aromatic N) is 1. The van der Waals surface area contributed by atoms with E-state index < -0.39 is 0 Å². The molecule has 1 saturated heterocycles. The Labute approximate surface area is 138 Å². The van der Waals surface area contributed by atoms with Gasteiger partial charge in [-0.2, -0.15) is 0 Å². The van der Waals surface area contributed by atoms with Crippen molar-refractivity contribution in [1.82, 2.24) is 10.2 Å². The van der Waals surface area contributed by atoms with Gasteiger partial charge in [0.15, 0.2) is 0 Å². The lowest BCUT2D eigenvalue weighted by molar-refractivity contribution is -0.134. The van der Waals surface area contributed by atoms with E-state index in [4.69, 9.17) is 4.74 Å². The summed E-state index contributed by atoms with van der Waals surface area (Å²) in [5.74, 6) is 1.10. The number of nitrogens with one attached hydrogen (secondary N) is 1. The third kappa shape index (κ3) is 3.00. The monoisotopic (exact) mass is 314 g/mol. The first-order valence-corrected chi connectivity index (χ1v) is 8.62. The maximum absolute atomic E-state index is 12.9. The second-order valence-electron chi connectivity index (χ2n) is 6.45. The minimum Gasteiger partial charge on any atom is -0.490 e. The first-order chi connectivity index (χ1) is 11.2. The molecule has 1 atom stereocenters. The Morgan fingerprint density at radius 1 is 1.30 bits per heavy atom. The predicted molar refractivity (Wildman–Crippen MR) is 91.2 cm³/mol. The number of rotatable bonds is 5. The molecular formula is C19H26N2O2. The van der Waals surface area contributed by atoms with Crippen LogP contribution >= 0.6 is 0 Å². The molecule has 1 amide bonds. The Bertz CT molecular complexity index is 561. The smallest absolute Gasteiger partial charge is 0.244 e. The largest absolute Gasteiger partial charge is 0.490 e. The third-order valence-electron chi connectivity index (χ3n) is 5.01. The zero-order valence-electron chi connectivity index (χ0n) is 13.9. The molecule has 2 aliphatic rings. The van der Waals surface area contributed by atoms with Gasteiger partial charge in [-0.1, -0.05) is 44.1 Å². The van der Waals surface area contributed by atoms with Crippen molar-refractivity contribution in [3.8, 4) is 5.75 Å². The Hall–Kier alpha value is -1.81. The fraction of sp³-hybridized carbons (Fsp3) is 0.526. The van der Waals surface area contributed by atoms with E-state index in [1.54, 1.807) is 6.08 Å². The highest BCUT2D eigenvalue weighted by molar-refractivity contribution is 5.89. The molecule has 4 heteroatoms. The molecule has 1 unspecified atom stereocenters. The van der Waals surface area contributed by atoms with Crippen molar-refractivity contribution in [3.05, 3.63) is 42.5 Å². The first kappa shape index (κ1) is 16.1. The topological polar surface area (TPSA) is 41.6 Å². The molecule has 23 heavy (non-hydrogen) atoms. The van der Waals surface area contributed by atoms with Gasteiger partial charge in [-0.25, -0.2) is 0 Å². The van der Waals surface area contributed by atoms with E-state index in [0.717, 1.165) is 43.5 Å². The van der Waals surface area contributed by atoms with Gasteiger partial charge < -0.3 is 9.64 Å². The summed E-state index contributed by atoms with van der Waals surface area (Å²) in [6, 6.07) is 8.02. The van der Waals surface area contributed by atoms with Crippen molar-refractivity contribution in [2.24, 2.45) is 0 Å². The van der Waals surface area contributed by atoms with Gasteiger partial charge in [0.25, 0.3) is 0 Å². The molecule has 1 aliphatic heterocycles. The molecule has 0 radical (unpaired) electrons. The van der Waals surface area contributed by atoms with Crippen LogP contribution in [0.5, 0.6) is 5.75 Å². The molecule has 1 heterocycles. The van der Waals surface area contributed by atoms with Crippen molar-refractivity contribution in [2.75, 3.05) is 13.2 Å². The molecule has 1 spiro atoms. The van der Waals surface area contributed by atoms with Crippen LogP contribution in [0.4, 0.5) is 0 Å². The average Bonchev–Trinajstić information content (AvgIpc) is 2.86. The summed E-state index contributed by atoms with van der Waals surface area (Å²) < 4.78 is 5.54. The van der Waals surface area contributed by atoms with Gasteiger partial charge in [-0.05, 0) is 37.5 Å². The van der Waals surface area contributed by atoms with Crippen LogP contribution in [0, 0.1) is 0 Å². The lowest BCUT2D eigenvalue weighted by Gasteiger charge is -2.31. The number of likely N-dealkylation sites (N-methyl/N-ethyl adjacent to an activating group) is 1. The van der Waals surface area contributed by atoms with E-state index in [0.29, 0.717) is 6.61 Å². The van der Waals surface area contributed by atoms with Gasteiger partial charge in [0.05, 0.1) is 5.54 Å². The van der Waals surface area contributed by atoms with Crippen LogP contribution < -0.4 is 10.1 Å². The van der Waals surface area contributed by atoms with Crippen molar-refractivity contribution in [3.63, 3.8) is 0 Å². The fourth-order valence-electron chi connectivity index (χ4n) is 3.80. The maximum atomic E-state index is 12.9. The fourth-order valence-corrected chi connectivity index (χ4v) is 3.80. The van der Waals surface area contributed by atoms with Gasteiger partial charge in [-0.15, -0.1) is 0 Å². The zero-order valence-corrected chi connectivity index (χ0v) is 13.9. The Morgan fingerprint density at radius 3 is 2.61 bits per heavy atom.